The number of fused-ring (bicyclic) bond motifs is 1. The summed E-state index contributed by atoms with van der Waals surface area (Å²) in [5.74, 6) is 1.31. The van der Waals surface area contributed by atoms with E-state index in [1.165, 1.54) is 22.4 Å². The molecule has 1 aliphatic rings. The Bertz CT molecular complexity index is 1090. The number of hydrogen-bond acceptors (Lipinski definition) is 3. The van der Waals surface area contributed by atoms with Gasteiger partial charge in [-0.1, -0.05) is 60.7 Å². The molecule has 0 bridgehead atoms. The summed E-state index contributed by atoms with van der Waals surface area (Å²) in [5.41, 5.74) is 7.94. The zero-order chi connectivity index (χ0) is 18.9. The highest BCUT2D eigenvalue weighted by atomic mass is 14.9. The molecule has 1 aliphatic heterocycles. The van der Waals surface area contributed by atoms with Gasteiger partial charge in [-0.3, -0.25) is 0 Å². The number of aromatic nitrogens is 3. The van der Waals surface area contributed by atoms with Crippen LogP contribution in [0.1, 0.15) is 30.3 Å². The van der Waals surface area contributed by atoms with Crippen LogP contribution in [0.15, 0.2) is 60.7 Å². The summed E-state index contributed by atoms with van der Waals surface area (Å²) >= 11 is 0. The number of rotatable bonds is 3. The molecule has 0 saturated carbocycles. The Labute approximate surface area is 165 Å². The van der Waals surface area contributed by atoms with E-state index in [9.17, 15) is 0 Å². The largest absolute Gasteiger partial charge is 0.351 e. The lowest BCUT2D eigenvalue weighted by molar-refractivity contribution is 0.454. The van der Waals surface area contributed by atoms with E-state index in [1.807, 2.05) is 6.92 Å². The summed E-state index contributed by atoms with van der Waals surface area (Å²) < 4.78 is 0. The molecule has 140 valence electrons. The van der Waals surface area contributed by atoms with Crippen molar-refractivity contribution in [3.05, 3.63) is 72.2 Å². The lowest BCUT2D eigenvalue weighted by Crippen LogP contribution is -2.27. The minimum Gasteiger partial charge on any atom is -0.351 e. The van der Waals surface area contributed by atoms with Gasteiger partial charge in [0.2, 0.25) is 0 Å². The van der Waals surface area contributed by atoms with Gasteiger partial charge in [0.25, 0.3) is 0 Å². The zero-order valence-electron chi connectivity index (χ0n) is 16.1. The van der Waals surface area contributed by atoms with Gasteiger partial charge in [0.15, 0.2) is 0 Å². The van der Waals surface area contributed by atoms with E-state index in [0.717, 1.165) is 48.5 Å². The Balaban J connectivity index is 1.81. The first kappa shape index (κ1) is 17.1. The summed E-state index contributed by atoms with van der Waals surface area (Å²) in [6, 6.07) is 21.1. The van der Waals surface area contributed by atoms with Gasteiger partial charge in [-0.2, -0.15) is 0 Å². The summed E-state index contributed by atoms with van der Waals surface area (Å²) in [6.07, 6.45) is 2.23. The molecule has 2 aromatic carbocycles. The highest BCUT2D eigenvalue weighted by molar-refractivity contribution is 6.02. The molecule has 2 aromatic heterocycles. The van der Waals surface area contributed by atoms with Crippen LogP contribution in [0.25, 0.3) is 33.4 Å². The van der Waals surface area contributed by atoms with E-state index in [-0.39, 0.29) is 0 Å². The highest BCUT2D eigenvalue weighted by Crippen LogP contribution is 2.40. The third-order valence-corrected chi connectivity index (χ3v) is 5.64. The standard InChI is InChI=1S/C24H24N4/c1-16-26-22(19-12-14-25-15-13-19)24-23(27-16)20(17-8-4-2-5-9-17)21(28-24)18-10-6-3-7-11-18/h2-11,19,25,28H,12-15H2,1H3. The summed E-state index contributed by atoms with van der Waals surface area (Å²) in [7, 11) is 0. The van der Waals surface area contributed by atoms with Gasteiger partial charge in [0.05, 0.1) is 16.9 Å². The molecule has 0 amide bonds. The first-order chi connectivity index (χ1) is 13.8. The maximum absolute atomic E-state index is 4.90. The molecule has 28 heavy (non-hydrogen) atoms. The second-order valence-electron chi connectivity index (χ2n) is 7.51. The predicted molar refractivity (Wildman–Crippen MR) is 114 cm³/mol. The van der Waals surface area contributed by atoms with Gasteiger partial charge in [-0.25, -0.2) is 9.97 Å². The Kier molecular flexibility index (Phi) is 4.41. The second-order valence-corrected chi connectivity index (χ2v) is 7.51. The molecule has 2 N–H and O–H groups in total. The molecule has 0 aliphatic carbocycles. The van der Waals surface area contributed by atoms with Crippen molar-refractivity contribution in [2.24, 2.45) is 0 Å². The second kappa shape index (κ2) is 7.21. The molecule has 0 atom stereocenters. The van der Waals surface area contributed by atoms with Gasteiger partial charge < -0.3 is 10.3 Å². The Morgan fingerprint density at radius 1 is 0.821 bits per heavy atom. The molecule has 4 nitrogen and oxygen atoms in total. The van der Waals surface area contributed by atoms with Gasteiger partial charge in [0.1, 0.15) is 11.3 Å². The van der Waals surface area contributed by atoms with Crippen LogP contribution in [-0.4, -0.2) is 28.0 Å². The van der Waals surface area contributed by atoms with E-state index in [4.69, 9.17) is 9.97 Å². The van der Waals surface area contributed by atoms with Crippen molar-refractivity contribution in [3.63, 3.8) is 0 Å². The van der Waals surface area contributed by atoms with Crippen molar-refractivity contribution in [1.82, 2.24) is 20.3 Å². The van der Waals surface area contributed by atoms with Crippen molar-refractivity contribution in [2.45, 2.75) is 25.7 Å². The van der Waals surface area contributed by atoms with Gasteiger partial charge >= 0.3 is 0 Å². The molecular weight excluding hydrogens is 344 g/mol. The molecule has 0 radical (unpaired) electrons. The van der Waals surface area contributed by atoms with Crippen LogP contribution in [0.4, 0.5) is 0 Å². The fourth-order valence-electron chi connectivity index (χ4n) is 4.30. The molecule has 3 heterocycles. The Morgan fingerprint density at radius 3 is 2.14 bits per heavy atom. The fourth-order valence-corrected chi connectivity index (χ4v) is 4.30. The summed E-state index contributed by atoms with van der Waals surface area (Å²) in [5, 5.41) is 3.46. The highest BCUT2D eigenvalue weighted by Gasteiger charge is 2.24. The van der Waals surface area contributed by atoms with Crippen molar-refractivity contribution in [2.75, 3.05) is 13.1 Å². The average molecular weight is 368 g/mol. The van der Waals surface area contributed by atoms with Crippen molar-refractivity contribution in [1.29, 1.82) is 0 Å². The van der Waals surface area contributed by atoms with Crippen molar-refractivity contribution >= 4 is 11.0 Å². The number of aryl methyl sites for hydroxylation is 1. The van der Waals surface area contributed by atoms with Gasteiger partial charge in [0, 0.05) is 11.5 Å². The molecule has 1 saturated heterocycles. The minimum absolute atomic E-state index is 0.469. The number of piperidine rings is 1. The van der Waals surface area contributed by atoms with E-state index in [2.05, 4.69) is 71.0 Å². The van der Waals surface area contributed by atoms with Crippen LogP contribution in [0.2, 0.25) is 0 Å². The molecule has 1 fully saturated rings. The van der Waals surface area contributed by atoms with Gasteiger partial charge in [-0.05, 0) is 44.0 Å². The van der Waals surface area contributed by atoms with E-state index >= 15 is 0 Å². The SMILES string of the molecule is Cc1nc(C2CCNCC2)c2[nH]c(-c3ccccc3)c(-c3ccccc3)c2n1. The zero-order valence-corrected chi connectivity index (χ0v) is 16.1. The van der Waals surface area contributed by atoms with E-state index < -0.39 is 0 Å². The van der Waals surface area contributed by atoms with Crippen LogP contribution >= 0.6 is 0 Å². The quantitative estimate of drug-likeness (QED) is 0.531. The van der Waals surface area contributed by atoms with Crippen molar-refractivity contribution < 1.29 is 0 Å². The normalized spacial score (nSPS) is 15.2. The van der Waals surface area contributed by atoms with Crippen LogP contribution in [0.5, 0.6) is 0 Å². The molecule has 0 unspecified atom stereocenters. The summed E-state index contributed by atoms with van der Waals surface area (Å²) in [4.78, 5) is 13.5. The smallest absolute Gasteiger partial charge is 0.126 e. The number of nitrogens with zero attached hydrogens (tertiary/aromatic N) is 2. The van der Waals surface area contributed by atoms with Crippen LogP contribution in [0, 0.1) is 6.92 Å². The third-order valence-electron chi connectivity index (χ3n) is 5.64. The predicted octanol–water partition coefficient (Wildman–Crippen LogP) is 5.07. The van der Waals surface area contributed by atoms with Crippen LogP contribution in [-0.2, 0) is 0 Å². The van der Waals surface area contributed by atoms with Crippen molar-refractivity contribution in [3.8, 4) is 22.4 Å². The monoisotopic (exact) mass is 368 g/mol. The third kappa shape index (κ3) is 3.00. The molecule has 0 spiro atoms. The number of nitrogens with one attached hydrogen (secondary N) is 2. The Morgan fingerprint density at radius 2 is 1.46 bits per heavy atom. The number of benzene rings is 2. The lowest BCUT2D eigenvalue weighted by Gasteiger charge is -2.22. The summed E-state index contributed by atoms with van der Waals surface area (Å²) in [6.45, 7) is 4.11. The van der Waals surface area contributed by atoms with E-state index in [0.29, 0.717) is 5.92 Å². The Hall–Kier alpha value is -2.98. The maximum atomic E-state index is 4.90. The fraction of sp³-hybridized carbons (Fsp3) is 0.250. The maximum Gasteiger partial charge on any atom is 0.126 e. The molecule has 4 aromatic rings. The van der Waals surface area contributed by atoms with E-state index in [1.54, 1.807) is 0 Å². The number of H-pyrrole nitrogens is 1. The molecule has 4 heteroatoms. The minimum atomic E-state index is 0.469. The molecule has 5 rings (SSSR count). The lowest BCUT2D eigenvalue weighted by atomic mass is 9.93. The first-order valence-electron chi connectivity index (χ1n) is 10.0. The average Bonchev–Trinajstić information content (AvgIpc) is 3.14. The number of hydrogen-bond donors (Lipinski definition) is 2. The molecular formula is C24H24N4. The number of aromatic amines is 1. The van der Waals surface area contributed by atoms with Crippen LogP contribution < -0.4 is 5.32 Å². The first-order valence-corrected chi connectivity index (χ1v) is 10.0. The topological polar surface area (TPSA) is 53.6 Å². The van der Waals surface area contributed by atoms with Gasteiger partial charge in [-0.15, -0.1) is 0 Å². The van der Waals surface area contributed by atoms with Crippen LogP contribution in [0.3, 0.4) is 0 Å².